The number of hydrogen-bond acceptors (Lipinski definition) is 9. The van der Waals surface area contributed by atoms with Gasteiger partial charge in [-0.1, -0.05) is 12.1 Å². The van der Waals surface area contributed by atoms with Crippen molar-refractivity contribution >= 4 is 27.1 Å². The largest absolute Gasteiger partial charge is 0.476 e. The van der Waals surface area contributed by atoms with Crippen LogP contribution in [0.1, 0.15) is 12.5 Å². The first-order valence-electron chi connectivity index (χ1n) is 10.0. The SMILES string of the molecule is CCOc1nc(NCCc2ccc(S(N)(=O)=O)cc2)nc2nnc(-c3ccc(F)cc3)nc12. The van der Waals surface area contributed by atoms with Crippen molar-refractivity contribution in [3.05, 3.63) is 59.9 Å². The van der Waals surface area contributed by atoms with Crippen molar-refractivity contribution < 1.29 is 17.5 Å². The number of nitrogens with zero attached hydrogens (tertiary/aromatic N) is 5. The number of halogens is 1. The van der Waals surface area contributed by atoms with Gasteiger partial charge in [0.25, 0.3) is 0 Å². The molecule has 4 aromatic rings. The second-order valence-electron chi connectivity index (χ2n) is 6.97. The van der Waals surface area contributed by atoms with E-state index < -0.39 is 10.0 Å². The van der Waals surface area contributed by atoms with E-state index in [1.165, 1.54) is 24.3 Å². The van der Waals surface area contributed by atoms with E-state index in [2.05, 4.69) is 30.5 Å². The first kappa shape index (κ1) is 22.4. The number of nitrogens with one attached hydrogen (secondary N) is 1. The van der Waals surface area contributed by atoms with Crippen molar-refractivity contribution in [2.24, 2.45) is 5.14 Å². The van der Waals surface area contributed by atoms with E-state index in [0.717, 1.165) is 5.56 Å². The van der Waals surface area contributed by atoms with Crippen molar-refractivity contribution in [3.63, 3.8) is 0 Å². The summed E-state index contributed by atoms with van der Waals surface area (Å²) in [7, 11) is -3.72. The van der Waals surface area contributed by atoms with E-state index in [9.17, 15) is 12.8 Å². The number of ether oxygens (including phenoxy) is 1. The number of hydrogen-bond donors (Lipinski definition) is 2. The molecule has 0 unspecified atom stereocenters. The van der Waals surface area contributed by atoms with Gasteiger partial charge in [0.05, 0.1) is 11.5 Å². The predicted molar refractivity (Wildman–Crippen MR) is 119 cm³/mol. The highest BCUT2D eigenvalue weighted by Gasteiger charge is 2.14. The Bertz CT molecular complexity index is 1380. The molecule has 0 amide bonds. The minimum Gasteiger partial charge on any atom is -0.476 e. The third-order valence-corrected chi connectivity index (χ3v) is 5.55. The molecule has 10 nitrogen and oxygen atoms in total. The van der Waals surface area contributed by atoms with Gasteiger partial charge in [-0.2, -0.15) is 9.97 Å². The summed E-state index contributed by atoms with van der Waals surface area (Å²) in [6.07, 6.45) is 0.587. The zero-order chi connectivity index (χ0) is 23.4. The molecule has 33 heavy (non-hydrogen) atoms. The summed E-state index contributed by atoms with van der Waals surface area (Å²) in [4.78, 5) is 13.3. The van der Waals surface area contributed by atoms with Crippen LogP contribution in [0, 0.1) is 5.82 Å². The Balaban J connectivity index is 1.53. The van der Waals surface area contributed by atoms with Gasteiger partial charge in [-0.15, -0.1) is 10.2 Å². The molecule has 0 atom stereocenters. The number of fused-ring (bicyclic) bond motifs is 1. The fourth-order valence-electron chi connectivity index (χ4n) is 3.02. The normalized spacial score (nSPS) is 11.5. The summed E-state index contributed by atoms with van der Waals surface area (Å²) in [5, 5.41) is 16.4. The molecule has 170 valence electrons. The summed E-state index contributed by atoms with van der Waals surface area (Å²) in [5.41, 5.74) is 2.10. The number of primary sulfonamides is 1. The van der Waals surface area contributed by atoms with Crippen LogP contribution in [0.4, 0.5) is 10.3 Å². The van der Waals surface area contributed by atoms with Crippen LogP contribution in [-0.2, 0) is 16.4 Å². The summed E-state index contributed by atoms with van der Waals surface area (Å²) < 4.78 is 41.5. The molecule has 0 radical (unpaired) electrons. The Labute approximate surface area is 189 Å². The minimum atomic E-state index is -3.72. The molecule has 4 rings (SSSR count). The van der Waals surface area contributed by atoms with Crippen LogP contribution in [0.3, 0.4) is 0 Å². The second kappa shape index (κ2) is 9.38. The average Bonchev–Trinajstić information content (AvgIpc) is 2.79. The molecule has 2 heterocycles. The van der Waals surface area contributed by atoms with E-state index in [4.69, 9.17) is 9.88 Å². The van der Waals surface area contributed by atoms with Crippen LogP contribution in [0.2, 0.25) is 0 Å². The number of nitrogens with two attached hydrogens (primary N) is 1. The molecule has 2 aromatic carbocycles. The second-order valence-corrected chi connectivity index (χ2v) is 8.53. The summed E-state index contributed by atoms with van der Waals surface area (Å²) >= 11 is 0. The van der Waals surface area contributed by atoms with Crippen molar-refractivity contribution in [2.75, 3.05) is 18.5 Å². The van der Waals surface area contributed by atoms with Crippen molar-refractivity contribution in [1.29, 1.82) is 0 Å². The molecular formula is C21H20FN7O3S. The molecule has 0 aliphatic rings. The fourth-order valence-corrected chi connectivity index (χ4v) is 3.53. The van der Waals surface area contributed by atoms with Gasteiger partial charge < -0.3 is 10.1 Å². The molecule has 0 spiro atoms. The maximum Gasteiger partial charge on any atom is 0.247 e. The Hall–Kier alpha value is -3.77. The van der Waals surface area contributed by atoms with Crippen molar-refractivity contribution in [1.82, 2.24) is 25.1 Å². The maximum absolute atomic E-state index is 13.2. The molecule has 12 heteroatoms. The zero-order valence-electron chi connectivity index (χ0n) is 17.6. The lowest BCUT2D eigenvalue weighted by atomic mass is 10.1. The molecule has 0 saturated carbocycles. The molecule has 0 fully saturated rings. The van der Waals surface area contributed by atoms with Gasteiger partial charge in [0.15, 0.2) is 11.3 Å². The Morgan fingerprint density at radius 3 is 2.39 bits per heavy atom. The summed E-state index contributed by atoms with van der Waals surface area (Å²) in [6.45, 7) is 2.65. The number of benzene rings is 2. The minimum absolute atomic E-state index is 0.0597. The number of rotatable bonds is 8. The first-order chi connectivity index (χ1) is 15.8. The van der Waals surface area contributed by atoms with Crippen LogP contribution in [-0.4, -0.2) is 46.7 Å². The number of anilines is 1. The standard InChI is InChI=1S/C21H20FN7O3S/c1-2-32-20-17-19(29-28-18(25-17)14-5-7-15(22)8-6-14)26-21(27-20)24-12-11-13-3-9-16(10-4-13)33(23,30)31/h3-10H,2,11-12H2,1H3,(H2,23,30,31)(H,24,26,27,29). The molecule has 0 saturated heterocycles. The molecule has 0 aliphatic carbocycles. The quantitative estimate of drug-likeness (QED) is 0.397. The highest BCUT2D eigenvalue weighted by Crippen LogP contribution is 2.23. The third kappa shape index (κ3) is 5.35. The molecule has 0 bridgehead atoms. The van der Waals surface area contributed by atoms with Gasteiger partial charge >= 0.3 is 0 Å². The van der Waals surface area contributed by atoms with E-state index in [-0.39, 0.29) is 28.2 Å². The van der Waals surface area contributed by atoms with Gasteiger partial charge in [-0.05, 0) is 55.3 Å². The lowest BCUT2D eigenvalue weighted by Crippen LogP contribution is -2.12. The van der Waals surface area contributed by atoms with Crippen LogP contribution >= 0.6 is 0 Å². The molecular weight excluding hydrogens is 449 g/mol. The molecule has 2 aromatic heterocycles. The van der Waals surface area contributed by atoms with Gasteiger partial charge in [-0.25, -0.2) is 22.9 Å². The van der Waals surface area contributed by atoms with E-state index in [1.807, 2.05) is 6.92 Å². The Morgan fingerprint density at radius 1 is 1.00 bits per heavy atom. The van der Waals surface area contributed by atoms with Gasteiger partial charge in [-0.3, -0.25) is 0 Å². The molecule has 3 N–H and O–H groups in total. The van der Waals surface area contributed by atoms with Crippen molar-refractivity contribution in [3.8, 4) is 17.3 Å². The average molecular weight is 470 g/mol. The van der Waals surface area contributed by atoms with E-state index in [0.29, 0.717) is 36.5 Å². The summed E-state index contributed by atoms with van der Waals surface area (Å²) in [5.74, 6) is 0.483. The zero-order valence-corrected chi connectivity index (χ0v) is 18.4. The van der Waals surface area contributed by atoms with Gasteiger partial charge in [0.2, 0.25) is 27.5 Å². The van der Waals surface area contributed by atoms with Crippen LogP contribution in [0.5, 0.6) is 5.88 Å². The highest BCUT2D eigenvalue weighted by molar-refractivity contribution is 7.89. The van der Waals surface area contributed by atoms with Crippen LogP contribution in [0.15, 0.2) is 53.4 Å². The highest BCUT2D eigenvalue weighted by atomic mass is 32.2. The monoisotopic (exact) mass is 469 g/mol. The van der Waals surface area contributed by atoms with E-state index >= 15 is 0 Å². The predicted octanol–water partition coefficient (Wildman–Crippen LogP) is 2.32. The fraction of sp³-hybridized carbons (Fsp3) is 0.190. The summed E-state index contributed by atoms with van der Waals surface area (Å²) in [6, 6.07) is 12.1. The smallest absolute Gasteiger partial charge is 0.247 e. The van der Waals surface area contributed by atoms with Crippen molar-refractivity contribution in [2.45, 2.75) is 18.2 Å². The number of aromatic nitrogens is 5. The molecule has 0 aliphatic heterocycles. The lowest BCUT2D eigenvalue weighted by molar-refractivity contribution is 0.330. The van der Waals surface area contributed by atoms with Crippen LogP contribution < -0.4 is 15.2 Å². The van der Waals surface area contributed by atoms with Crippen LogP contribution in [0.25, 0.3) is 22.6 Å². The number of sulfonamides is 1. The maximum atomic E-state index is 13.2. The Morgan fingerprint density at radius 2 is 1.73 bits per heavy atom. The lowest BCUT2D eigenvalue weighted by Gasteiger charge is -2.10. The topological polar surface area (TPSA) is 146 Å². The van der Waals surface area contributed by atoms with Gasteiger partial charge in [0.1, 0.15) is 5.82 Å². The third-order valence-electron chi connectivity index (χ3n) is 4.62. The Kier molecular flexibility index (Phi) is 6.38. The first-order valence-corrected chi connectivity index (χ1v) is 11.5. The van der Waals surface area contributed by atoms with Gasteiger partial charge in [0, 0.05) is 12.1 Å². The van der Waals surface area contributed by atoms with E-state index in [1.54, 1.807) is 24.3 Å².